The van der Waals surface area contributed by atoms with Gasteiger partial charge < -0.3 is 11.1 Å². The van der Waals surface area contributed by atoms with Crippen LogP contribution in [-0.2, 0) is 0 Å². The number of hydrogen-bond donors (Lipinski definition) is 2. The van der Waals surface area contributed by atoms with Gasteiger partial charge in [-0.2, -0.15) is 0 Å². The Morgan fingerprint density at radius 2 is 2.19 bits per heavy atom. The van der Waals surface area contributed by atoms with Crippen molar-refractivity contribution in [2.45, 2.75) is 33.2 Å². The van der Waals surface area contributed by atoms with Gasteiger partial charge in [-0.05, 0) is 34.3 Å². The van der Waals surface area contributed by atoms with E-state index in [4.69, 9.17) is 5.73 Å². The number of rotatable bonds is 4. The van der Waals surface area contributed by atoms with Crippen molar-refractivity contribution in [1.82, 2.24) is 9.97 Å². The van der Waals surface area contributed by atoms with Gasteiger partial charge in [0.25, 0.3) is 0 Å². The molecule has 1 unspecified atom stereocenters. The molecule has 0 radical (unpaired) electrons. The fourth-order valence-electron chi connectivity index (χ4n) is 1.47. The van der Waals surface area contributed by atoms with Crippen LogP contribution in [0.25, 0.3) is 0 Å². The lowest BCUT2D eigenvalue weighted by Gasteiger charge is -2.31. The number of anilines is 1. The minimum Gasteiger partial charge on any atom is -0.366 e. The maximum atomic E-state index is 5.63. The number of nitrogens with one attached hydrogen (secondary N) is 1. The average molecular weight is 287 g/mol. The molecule has 0 aliphatic rings. The maximum absolute atomic E-state index is 5.63. The average Bonchev–Trinajstić information content (AvgIpc) is 2.19. The highest BCUT2D eigenvalue weighted by molar-refractivity contribution is 9.10. The van der Waals surface area contributed by atoms with Crippen LogP contribution in [0.2, 0.25) is 0 Å². The van der Waals surface area contributed by atoms with Crippen LogP contribution in [0.3, 0.4) is 0 Å². The number of aromatic nitrogens is 2. The van der Waals surface area contributed by atoms with E-state index in [1.54, 1.807) is 6.20 Å². The van der Waals surface area contributed by atoms with Gasteiger partial charge >= 0.3 is 0 Å². The van der Waals surface area contributed by atoms with Crippen LogP contribution in [0.1, 0.15) is 27.2 Å². The molecule has 3 N–H and O–H groups in total. The third-order valence-corrected chi connectivity index (χ3v) is 3.06. The van der Waals surface area contributed by atoms with E-state index >= 15 is 0 Å². The molecule has 1 atom stereocenters. The minimum absolute atomic E-state index is 0.143. The summed E-state index contributed by atoms with van der Waals surface area (Å²) in [6.45, 7) is 7.23. The Bertz CT molecular complexity index is 335. The predicted molar refractivity (Wildman–Crippen MR) is 70.3 cm³/mol. The molecule has 0 spiro atoms. The summed E-state index contributed by atoms with van der Waals surface area (Å²) in [4.78, 5) is 8.14. The van der Waals surface area contributed by atoms with Gasteiger partial charge in [0.2, 0.25) is 0 Å². The van der Waals surface area contributed by atoms with Gasteiger partial charge in [0.15, 0.2) is 0 Å². The number of nitrogens with zero attached hydrogens (tertiary/aromatic N) is 2. The van der Waals surface area contributed by atoms with Crippen molar-refractivity contribution in [2.75, 3.05) is 11.9 Å². The Hall–Kier alpha value is -0.680. The van der Waals surface area contributed by atoms with Crippen molar-refractivity contribution in [3.8, 4) is 0 Å². The monoisotopic (exact) mass is 286 g/mol. The molecule has 0 amide bonds. The maximum Gasteiger partial charge on any atom is 0.143 e. The van der Waals surface area contributed by atoms with Gasteiger partial charge in [0, 0.05) is 12.2 Å². The summed E-state index contributed by atoms with van der Waals surface area (Å²) < 4.78 is 0.876. The number of halogens is 1. The Kier molecular flexibility index (Phi) is 4.68. The third-order valence-electron chi connectivity index (χ3n) is 2.48. The van der Waals surface area contributed by atoms with Crippen LogP contribution >= 0.6 is 15.9 Å². The zero-order valence-electron chi connectivity index (χ0n) is 10.00. The van der Waals surface area contributed by atoms with Crippen LogP contribution in [0.4, 0.5) is 5.82 Å². The largest absolute Gasteiger partial charge is 0.366 e. The first-order valence-electron chi connectivity index (χ1n) is 5.37. The summed E-state index contributed by atoms with van der Waals surface area (Å²) >= 11 is 3.42. The second-order valence-electron chi connectivity index (χ2n) is 4.86. The molecule has 1 aromatic rings. The van der Waals surface area contributed by atoms with Crippen LogP contribution in [0.5, 0.6) is 0 Å². The van der Waals surface area contributed by atoms with E-state index < -0.39 is 0 Å². The molecule has 16 heavy (non-hydrogen) atoms. The molecule has 0 aromatic carbocycles. The fraction of sp³-hybridized carbons (Fsp3) is 0.636. The molecule has 0 fully saturated rings. The lowest BCUT2D eigenvalue weighted by molar-refractivity contribution is 0.328. The van der Waals surface area contributed by atoms with E-state index in [-0.39, 0.29) is 5.41 Å². The van der Waals surface area contributed by atoms with Crippen LogP contribution < -0.4 is 11.1 Å². The van der Waals surface area contributed by atoms with Crippen LogP contribution in [0.15, 0.2) is 17.0 Å². The highest BCUT2D eigenvalue weighted by atomic mass is 79.9. The van der Waals surface area contributed by atoms with Crippen molar-refractivity contribution >= 4 is 21.7 Å². The molecule has 90 valence electrons. The second-order valence-corrected chi connectivity index (χ2v) is 5.71. The zero-order valence-corrected chi connectivity index (χ0v) is 11.6. The van der Waals surface area contributed by atoms with Gasteiger partial charge in [-0.25, -0.2) is 9.97 Å². The Morgan fingerprint density at radius 1 is 1.50 bits per heavy atom. The summed E-state index contributed by atoms with van der Waals surface area (Å²) in [5.41, 5.74) is 5.78. The lowest BCUT2D eigenvalue weighted by atomic mass is 9.85. The summed E-state index contributed by atoms with van der Waals surface area (Å²) in [5.74, 6) is 0.823. The van der Waals surface area contributed by atoms with E-state index in [2.05, 4.69) is 52.0 Å². The first-order valence-corrected chi connectivity index (χ1v) is 6.16. The third kappa shape index (κ3) is 3.72. The van der Waals surface area contributed by atoms with Crippen LogP contribution in [0, 0.1) is 5.41 Å². The zero-order chi connectivity index (χ0) is 12.2. The highest BCUT2D eigenvalue weighted by Crippen LogP contribution is 2.27. The summed E-state index contributed by atoms with van der Waals surface area (Å²) in [6, 6.07) is 0.295. The van der Waals surface area contributed by atoms with Gasteiger partial charge in [-0.15, -0.1) is 0 Å². The Labute approximate surface area is 105 Å². The Balaban J connectivity index is 2.80. The van der Waals surface area contributed by atoms with Gasteiger partial charge in [0.05, 0.1) is 4.47 Å². The van der Waals surface area contributed by atoms with Gasteiger partial charge in [0.1, 0.15) is 12.1 Å². The fourth-order valence-corrected chi connectivity index (χ4v) is 1.81. The molecule has 1 rings (SSSR count). The van der Waals surface area contributed by atoms with Crippen molar-refractivity contribution < 1.29 is 0 Å². The standard InChI is InChI=1S/C11H19BrN4/c1-11(2,3)9(4-5-13)16-10-8(12)6-14-7-15-10/h6-7,9H,4-5,13H2,1-3H3,(H,14,15,16). The van der Waals surface area contributed by atoms with E-state index in [9.17, 15) is 0 Å². The Morgan fingerprint density at radius 3 is 2.69 bits per heavy atom. The van der Waals surface area contributed by atoms with Crippen molar-refractivity contribution in [1.29, 1.82) is 0 Å². The molecule has 0 aliphatic heterocycles. The number of hydrogen-bond acceptors (Lipinski definition) is 4. The topological polar surface area (TPSA) is 63.8 Å². The molecule has 1 heterocycles. The summed E-state index contributed by atoms with van der Waals surface area (Å²) in [5, 5.41) is 3.41. The molecule has 1 aromatic heterocycles. The highest BCUT2D eigenvalue weighted by Gasteiger charge is 2.24. The predicted octanol–water partition coefficient (Wildman–Crippen LogP) is 2.41. The van der Waals surface area contributed by atoms with E-state index in [0.29, 0.717) is 12.6 Å². The van der Waals surface area contributed by atoms with E-state index in [0.717, 1.165) is 16.7 Å². The van der Waals surface area contributed by atoms with Gasteiger partial charge in [-0.3, -0.25) is 0 Å². The van der Waals surface area contributed by atoms with Crippen molar-refractivity contribution in [2.24, 2.45) is 11.1 Å². The van der Waals surface area contributed by atoms with E-state index in [1.807, 2.05) is 0 Å². The normalized spacial score (nSPS) is 13.6. The van der Waals surface area contributed by atoms with E-state index in [1.165, 1.54) is 6.33 Å². The smallest absolute Gasteiger partial charge is 0.143 e. The first kappa shape index (κ1) is 13.4. The molecule has 5 heteroatoms. The summed E-state index contributed by atoms with van der Waals surface area (Å²) in [6.07, 6.45) is 4.19. The molecular formula is C11H19BrN4. The SMILES string of the molecule is CC(C)(C)C(CCN)Nc1ncncc1Br. The molecule has 0 bridgehead atoms. The molecule has 0 saturated heterocycles. The summed E-state index contributed by atoms with van der Waals surface area (Å²) in [7, 11) is 0. The first-order chi connectivity index (χ1) is 7.45. The molecule has 0 aliphatic carbocycles. The van der Waals surface area contributed by atoms with Crippen LogP contribution in [-0.4, -0.2) is 22.6 Å². The number of nitrogens with two attached hydrogens (primary N) is 1. The molecular weight excluding hydrogens is 268 g/mol. The van der Waals surface area contributed by atoms with Crippen molar-refractivity contribution in [3.63, 3.8) is 0 Å². The minimum atomic E-state index is 0.143. The second kappa shape index (κ2) is 5.59. The molecule has 0 saturated carbocycles. The quantitative estimate of drug-likeness (QED) is 0.892. The molecule has 4 nitrogen and oxygen atoms in total. The van der Waals surface area contributed by atoms with Gasteiger partial charge in [-0.1, -0.05) is 20.8 Å². The lowest BCUT2D eigenvalue weighted by Crippen LogP contribution is -2.36. The van der Waals surface area contributed by atoms with Crippen molar-refractivity contribution in [3.05, 3.63) is 17.0 Å².